The zero-order valence-corrected chi connectivity index (χ0v) is 63.4. The summed E-state index contributed by atoms with van der Waals surface area (Å²) >= 11 is 0. The van der Waals surface area contributed by atoms with Crippen molar-refractivity contribution in [2.75, 3.05) is 39.6 Å². The Kier molecular flexibility index (Phi) is 63.1. The number of aliphatic hydroxyl groups is 1. The first kappa shape index (κ1) is 92.1. The highest BCUT2D eigenvalue weighted by Gasteiger charge is 2.30. The molecule has 0 heterocycles. The average molecular weight is 1380 g/mol. The van der Waals surface area contributed by atoms with E-state index < -0.39 is 97.5 Å². The number of phosphoric ester groups is 2. The van der Waals surface area contributed by atoms with Crippen LogP contribution in [0.15, 0.2) is 0 Å². The normalized spacial score (nSPS) is 14.4. The summed E-state index contributed by atoms with van der Waals surface area (Å²) in [6.45, 7) is 14.1. The lowest BCUT2D eigenvalue weighted by Crippen LogP contribution is -2.30. The van der Waals surface area contributed by atoms with Gasteiger partial charge in [-0.25, -0.2) is 9.13 Å². The molecule has 0 spiro atoms. The van der Waals surface area contributed by atoms with Crippen LogP contribution in [0.25, 0.3) is 0 Å². The molecule has 0 saturated heterocycles. The highest BCUT2D eigenvalue weighted by molar-refractivity contribution is 7.47. The van der Waals surface area contributed by atoms with Crippen molar-refractivity contribution >= 4 is 39.5 Å². The van der Waals surface area contributed by atoms with Crippen LogP contribution in [-0.2, 0) is 65.4 Å². The molecular formula is C75H146O17P2. The Morgan fingerprint density at radius 3 is 0.755 bits per heavy atom. The second-order valence-corrected chi connectivity index (χ2v) is 31.6. The molecule has 0 aliphatic carbocycles. The van der Waals surface area contributed by atoms with Crippen molar-refractivity contribution in [1.29, 1.82) is 0 Å². The lowest BCUT2D eigenvalue weighted by molar-refractivity contribution is -0.161. The molecule has 6 atom stereocenters. The summed E-state index contributed by atoms with van der Waals surface area (Å²) in [5.41, 5.74) is 0. The summed E-state index contributed by atoms with van der Waals surface area (Å²) in [7, 11) is -9.91. The van der Waals surface area contributed by atoms with E-state index in [9.17, 15) is 43.2 Å². The lowest BCUT2D eigenvalue weighted by atomic mass is 10.00. The first-order chi connectivity index (χ1) is 45.1. The van der Waals surface area contributed by atoms with E-state index in [4.69, 9.17) is 37.0 Å². The summed E-state index contributed by atoms with van der Waals surface area (Å²) < 4.78 is 68.4. The van der Waals surface area contributed by atoms with Crippen molar-refractivity contribution in [1.82, 2.24) is 0 Å². The van der Waals surface area contributed by atoms with Crippen molar-refractivity contribution in [3.8, 4) is 0 Å². The van der Waals surface area contributed by atoms with E-state index in [1.165, 1.54) is 167 Å². The van der Waals surface area contributed by atoms with Gasteiger partial charge in [0.05, 0.1) is 26.4 Å². The number of aliphatic hydroxyl groups excluding tert-OH is 1. The van der Waals surface area contributed by atoms with Crippen molar-refractivity contribution in [3.05, 3.63) is 0 Å². The van der Waals surface area contributed by atoms with Gasteiger partial charge >= 0.3 is 39.5 Å². The molecule has 0 radical (unpaired) electrons. The van der Waals surface area contributed by atoms with Gasteiger partial charge < -0.3 is 33.8 Å². The van der Waals surface area contributed by atoms with Gasteiger partial charge in [-0.15, -0.1) is 0 Å². The van der Waals surface area contributed by atoms with Crippen LogP contribution < -0.4 is 0 Å². The van der Waals surface area contributed by atoms with Crippen molar-refractivity contribution in [2.24, 2.45) is 23.7 Å². The predicted molar refractivity (Wildman–Crippen MR) is 381 cm³/mol. The van der Waals surface area contributed by atoms with Gasteiger partial charge in [0, 0.05) is 25.7 Å². The quantitative estimate of drug-likeness (QED) is 0.0222. The van der Waals surface area contributed by atoms with Crippen LogP contribution in [0, 0.1) is 23.7 Å². The standard InChI is InChI=1S/C75H146O17P2/c1-9-68(8)54-46-38-32-34-40-48-56-73(78)86-62-71(92-74(79)57-49-41-29-25-21-17-15-13-11-10-12-14-16-19-23-27-35-43-51-65(2)3)64-90-94(83,84)88-60-69(76)59-87-93(81,82)89-63-70(61-85-72(77)55-47-39-33-31-37-45-53-67(6)7)91-75(80)58-50-42-30-26-22-18-20-24-28-36-44-52-66(4)5/h65-71,76H,9-64H2,1-8H3,(H,81,82)(H,83,84)/t68?,69-,70+,71+/m0/s1. The van der Waals surface area contributed by atoms with Crippen LogP contribution in [0.4, 0.5) is 0 Å². The third kappa shape index (κ3) is 67.3. The summed E-state index contributed by atoms with van der Waals surface area (Å²) in [6.07, 6.45) is 48.9. The molecule has 3 N–H and O–H groups in total. The van der Waals surface area contributed by atoms with E-state index in [1.54, 1.807) is 0 Å². The topological polar surface area (TPSA) is 237 Å². The van der Waals surface area contributed by atoms with Crippen LogP contribution in [0.1, 0.15) is 376 Å². The lowest BCUT2D eigenvalue weighted by Gasteiger charge is -2.21. The Bertz CT molecular complexity index is 1850. The molecule has 558 valence electrons. The zero-order valence-electron chi connectivity index (χ0n) is 61.6. The van der Waals surface area contributed by atoms with E-state index in [-0.39, 0.29) is 25.7 Å². The zero-order chi connectivity index (χ0) is 69.6. The Hall–Kier alpha value is -1.94. The minimum atomic E-state index is -4.96. The second kappa shape index (κ2) is 64.4. The number of carbonyl (C=O) groups is 4. The largest absolute Gasteiger partial charge is 0.472 e. The molecule has 0 aliphatic rings. The maximum atomic E-state index is 13.1. The van der Waals surface area contributed by atoms with Crippen LogP contribution in [-0.4, -0.2) is 96.7 Å². The molecule has 0 rings (SSSR count). The maximum absolute atomic E-state index is 13.1. The van der Waals surface area contributed by atoms with Crippen molar-refractivity contribution in [3.63, 3.8) is 0 Å². The number of unbranched alkanes of at least 4 members (excludes halogenated alkanes) is 37. The molecule has 0 amide bonds. The summed E-state index contributed by atoms with van der Waals surface area (Å²) in [5, 5.41) is 10.6. The SMILES string of the molecule is CCC(C)CCCCCCCCC(=O)OC[C@H](COP(=O)(O)OC[C@@H](O)COP(=O)(O)OC[C@@H](COC(=O)CCCCCCCCC(C)C)OC(=O)CCCCCCCCCCCCCC(C)C)OC(=O)CCCCCCCCCCCCCCCCCCCCC(C)C. The number of esters is 4. The molecule has 0 aromatic heterocycles. The summed E-state index contributed by atoms with van der Waals surface area (Å²) in [5.74, 6) is 0.869. The van der Waals surface area contributed by atoms with Gasteiger partial charge in [0.1, 0.15) is 19.3 Å². The number of rotatable bonds is 72. The molecule has 94 heavy (non-hydrogen) atoms. The van der Waals surface area contributed by atoms with Crippen LogP contribution in [0.5, 0.6) is 0 Å². The molecular weight excluding hydrogens is 1230 g/mol. The molecule has 19 heteroatoms. The number of phosphoric acid groups is 2. The maximum Gasteiger partial charge on any atom is 0.472 e. The van der Waals surface area contributed by atoms with Gasteiger partial charge in [0.15, 0.2) is 12.2 Å². The third-order valence-corrected chi connectivity index (χ3v) is 19.6. The van der Waals surface area contributed by atoms with E-state index in [2.05, 4.69) is 55.4 Å². The van der Waals surface area contributed by atoms with E-state index in [1.807, 2.05) is 0 Å². The van der Waals surface area contributed by atoms with Gasteiger partial charge in [-0.1, -0.05) is 325 Å². The predicted octanol–water partition coefficient (Wildman–Crippen LogP) is 21.7. The number of carbonyl (C=O) groups excluding carboxylic acids is 4. The molecule has 0 aromatic carbocycles. The molecule has 0 aromatic rings. The van der Waals surface area contributed by atoms with Crippen LogP contribution in [0.3, 0.4) is 0 Å². The van der Waals surface area contributed by atoms with Crippen molar-refractivity contribution < 1.29 is 80.2 Å². The minimum absolute atomic E-state index is 0.105. The number of ether oxygens (including phenoxy) is 4. The minimum Gasteiger partial charge on any atom is -0.462 e. The Morgan fingerprint density at radius 1 is 0.298 bits per heavy atom. The fraction of sp³-hybridized carbons (Fsp3) is 0.947. The molecule has 0 saturated carbocycles. The van der Waals surface area contributed by atoms with Gasteiger partial charge in [0.25, 0.3) is 0 Å². The monoisotopic (exact) mass is 1380 g/mol. The first-order valence-corrected chi connectivity index (χ1v) is 41.7. The second-order valence-electron chi connectivity index (χ2n) is 28.7. The molecule has 17 nitrogen and oxygen atoms in total. The highest BCUT2D eigenvalue weighted by Crippen LogP contribution is 2.45. The Morgan fingerprint density at radius 2 is 0.511 bits per heavy atom. The van der Waals surface area contributed by atoms with Gasteiger partial charge in [-0.05, 0) is 49.4 Å². The molecule has 3 unspecified atom stereocenters. The molecule has 0 aliphatic heterocycles. The van der Waals surface area contributed by atoms with Crippen LogP contribution >= 0.6 is 15.6 Å². The number of hydrogen-bond donors (Lipinski definition) is 3. The molecule has 0 bridgehead atoms. The van der Waals surface area contributed by atoms with Crippen molar-refractivity contribution in [2.45, 2.75) is 395 Å². The third-order valence-electron chi connectivity index (χ3n) is 17.7. The first-order valence-electron chi connectivity index (χ1n) is 38.7. The summed E-state index contributed by atoms with van der Waals surface area (Å²) in [6, 6.07) is 0. The van der Waals surface area contributed by atoms with Crippen LogP contribution in [0.2, 0.25) is 0 Å². The highest BCUT2D eigenvalue weighted by atomic mass is 31.2. The van der Waals surface area contributed by atoms with E-state index in [0.29, 0.717) is 31.6 Å². The van der Waals surface area contributed by atoms with Gasteiger partial charge in [-0.2, -0.15) is 0 Å². The Balaban J connectivity index is 5.17. The van der Waals surface area contributed by atoms with Gasteiger partial charge in [0.2, 0.25) is 0 Å². The molecule has 0 fully saturated rings. The fourth-order valence-corrected chi connectivity index (χ4v) is 12.9. The van der Waals surface area contributed by atoms with Gasteiger partial charge in [-0.3, -0.25) is 37.3 Å². The average Bonchev–Trinajstić information content (AvgIpc) is 1.45. The number of hydrogen-bond acceptors (Lipinski definition) is 15. The van der Waals surface area contributed by atoms with E-state index >= 15 is 0 Å². The summed E-state index contributed by atoms with van der Waals surface area (Å²) in [4.78, 5) is 72.7. The smallest absolute Gasteiger partial charge is 0.462 e. The fourth-order valence-electron chi connectivity index (χ4n) is 11.3. The van der Waals surface area contributed by atoms with E-state index in [0.717, 1.165) is 120 Å². The Labute approximate surface area is 575 Å².